The lowest BCUT2D eigenvalue weighted by atomic mass is 9.80. The van der Waals surface area contributed by atoms with Gasteiger partial charge in [0.25, 0.3) is 0 Å². The number of hydrogen-bond donors (Lipinski definition) is 0. The molecule has 2 aliphatic carbocycles. The van der Waals surface area contributed by atoms with Gasteiger partial charge in [0.2, 0.25) is 0 Å². The Morgan fingerprint density at radius 3 is 2.02 bits per heavy atom. The molecule has 0 amide bonds. The summed E-state index contributed by atoms with van der Waals surface area (Å²) >= 11 is 0. The summed E-state index contributed by atoms with van der Waals surface area (Å²) in [4.78, 5) is 0. The van der Waals surface area contributed by atoms with Crippen LogP contribution in [0.1, 0.15) is 76.8 Å². The molecule has 0 N–H and O–H groups in total. The molecule has 0 fully saturated rings. The summed E-state index contributed by atoms with van der Waals surface area (Å²) in [6, 6.07) is 38.4. The van der Waals surface area contributed by atoms with Crippen molar-refractivity contribution in [2.24, 2.45) is 0 Å². The Labute approximate surface area is 244 Å². The van der Waals surface area contributed by atoms with Crippen LogP contribution >= 0.6 is 0 Å². The van der Waals surface area contributed by atoms with Crippen molar-refractivity contribution in [1.82, 2.24) is 0 Å². The van der Waals surface area contributed by atoms with Crippen molar-refractivity contribution in [3.63, 3.8) is 0 Å². The predicted octanol–water partition coefficient (Wildman–Crippen LogP) is 8.73. The van der Waals surface area contributed by atoms with Crippen LogP contribution < -0.4 is 10.4 Å². The van der Waals surface area contributed by atoms with Gasteiger partial charge in [-0.3, -0.25) is 0 Å². The van der Waals surface area contributed by atoms with Crippen LogP contribution in [0.15, 0.2) is 109 Å². The third-order valence-electron chi connectivity index (χ3n) is 9.17. The maximum atomic E-state index is 2.51. The van der Waals surface area contributed by atoms with Crippen molar-refractivity contribution >= 4 is 17.7 Å². The number of aryl methyl sites for hydroxylation is 2. The molecule has 0 aliphatic heterocycles. The number of rotatable bonds is 5. The van der Waals surface area contributed by atoms with Crippen LogP contribution in [0.4, 0.5) is 0 Å². The molecule has 0 aromatic heterocycles. The molecule has 1 unspecified atom stereocenters. The summed E-state index contributed by atoms with van der Waals surface area (Å²) in [6.07, 6.45) is 6.93. The molecule has 0 heteroatoms. The molecule has 0 bridgehead atoms. The first-order valence-corrected chi connectivity index (χ1v) is 15.0. The molecule has 0 saturated heterocycles. The minimum Gasteiger partial charge on any atom is -0.0622 e. The zero-order chi connectivity index (χ0) is 28.1. The molecular formula is C41H36. The fraction of sp³-hybridized carbons (Fsp3) is 0.171. The molecule has 1 atom stereocenters. The van der Waals surface area contributed by atoms with Gasteiger partial charge in [-0.2, -0.15) is 0 Å². The number of hydrogen-bond acceptors (Lipinski definition) is 0. The summed E-state index contributed by atoms with van der Waals surface area (Å²) in [5.74, 6) is 0.248. The third kappa shape index (κ3) is 4.13. The van der Waals surface area contributed by atoms with Crippen LogP contribution in [0.25, 0.3) is 28.9 Å². The van der Waals surface area contributed by atoms with Crippen molar-refractivity contribution in [2.75, 3.05) is 0 Å². The Morgan fingerprint density at radius 1 is 0.659 bits per heavy atom. The minimum absolute atomic E-state index is 0.248. The fourth-order valence-electron chi connectivity index (χ4n) is 7.21. The lowest BCUT2D eigenvalue weighted by Crippen LogP contribution is -2.27. The Morgan fingerprint density at radius 2 is 1.37 bits per heavy atom. The van der Waals surface area contributed by atoms with E-state index in [4.69, 9.17) is 0 Å². The van der Waals surface area contributed by atoms with Gasteiger partial charge >= 0.3 is 0 Å². The molecule has 200 valence electrons. The highest BCUT2D eigenvalue weighted by Gasteiger charge is 2.31. The highest BCUT2D eigenvalue weighted by molar-refractivity contribution is 5.88. The van der Waals surface area contributed by atoms with E-state index >= 15 is 0 Å². The average molecular weight is 529 g/mol. The molecule has 0 nitrogen and oxygen atoms in total. The van der Waals surface area contributed by atoms with Gasteiger partial charge in [-0.15, -0.1) is 0 Å². The number of benzene rings is 5. The van der Waals surface area contributed by atoms with E-state index in [1.165, 1.54) is 82.8 Å². The van der Waals surface area contributed by atoms with Gasteiger partial charge in [0, 0.05) is 5.92 Å². The minimum atomic E-state index is 0.248. The van der Waals surface area contributed by atoms with E-state index in [0.717, 1.165) is 12.8 Å². The topological polar surface area (TPSA) is 0 Å². The third-order valence-corrected chi connectivity index (χ3v) is 9.17. The molecule has 0 heterocycles. The second kappa shape index (κ2) is 10.2. The predicted molar refractivity (Wildman–Crippen MR) is 175 cm³/mol. The van der Waals surface area contributed by atoms with E-state index in [9.17, 15) is 0 Å². The molecule has 7 rings (SSSR count). The standard InChI is InChI=1S/C41H36/c1-5-28-20-21-33-31(23-28)24-37-36(33)25-38(40(29-15-9-7-10-16-29)30-17-11-8-12-18-30)32(6-2)41(37)39-27(4)22-35-26(3)14-13-19-34(35)39/h7-25,39H,5-6H2,1-4H3. The zero-order valence-corrected chi connectivity index (χ0v) is 24.5. The maximum Gasteiger partial charge on any atom is 0.0314 e. The van der Waals surface area contributed by atoms with Gasteiger partial charge in [0.05, 0.1) is 0 Å². The summed E-state index contributed by atoms with van der Waals surface area (Å²) in [5, 5.41) is 2.76. The first-order chi connectivity index (χ1) is 20.1. The Bertz CT molecular complexity index is 1910. The zero-order valence-electron chi connectivity index (χ0n) is 24.5. The second-order valence-electron chi connectivity index (χ2n) is 11.6. The lowest BCUT2D eigenvalue weighted by Gasteiger charge is -2.23. The monoisotopic (exact) mass is 528 g/mol. The first kappa shape index (κ1) is 25.5. The molecule has 5 aromatic rings. The Kier molecular flexibility index (Phi) is 6.36. The van der Waals surface area contributed by atoms with E-state index in [2.05, 4.69) is 143 Å². The van der Waals surface area contributed by atoms with Crippen molar-refractivity contribution in [1.29, 1.82) is 0 Å². The maximum absolute atomic E-state index is 2.51. The summed E-state index contributed by atoms with van der Waals surface area (Å²) in [7, 11) is 0. The first-order valence-electron chi connectivity index (χ1n) is 15.0. The van der Waals surface area contributed by atoms with Crippen molar-refractivity contribution in [2.45, 2.75) is 46.5 Å². The molecular weight excluding hydrogens is 492 g/mol. The number of allylic oxidation sites excluding steroid dienone is 1. The van der Waals surface area contributed by atoms with E-state index in [1.807, 2.05) is 0 Å². The van der Waals surface area contributed by atoms with Gasteiger partial charge in [0.1, 0.15) is 0 Å². The highest BCUT2D eigenvalue weighted by Crippen LogP contribution is 2.43. The summed E-state index contributed by atoms with van der Waals surface area (Å²) in [6.45, 7) is 9.16. The van der Waals surface area contributed by atoms with Crippen molar-refractivity contribution < 1.29 is 0 Å². The van der Waals surface area contributed by atoms with Crippen LogP contribution in [-0.4, -0.2) is 0 Å². The van der Waals surface area contributed by atoms with Gasteiger partial charge in [-0.25, -0.2) is 0 Å². The molecule has 5 aromatic carbocycles. The van der Waals surface area contributed by atoms with Crippen molar-refractivity contribution in [3.05, 3.63) is 169 Å². The summed E-state index contributed by atoms with van der Waals surface area (Å²) in [5.41, 5.74) is 17.9. The molecule has 0 spiro atoms. The average Bonchev–Trinajstić information content (AvgIpc) is 3.54. The van der Waals surface area contributed by atoms with Crippen molar-refractivity contribution in [3.8, 4) is 11.1 Å². The second-order valence-corrected chi connectivity index (χ2v) is 11.6. The number of fused-ring (bicyclic) bond motifs is 4. The van der Waals surface area contributed by atoms with Gasteiger partial charge < -0.3 is 0 Å². The SMILES string of the molecule is CCc1ccc2c(c1)C=c1c-2cc(=C(c2ccccc2)c2ccccc2)c(CC)c1C1C(C)=Cc2c(C)cccc21. The van der Waals surface area contributed by atoms with Gasteiger partial charge in [-0.1, -0.05) is 123 Å². The van der Waals surface area contributed by atoms with Gasteiger partial charge in [0.15, 0.2) is 0 Å². The van der Waals surface area contributed by atoms with Crippen LogP contribution in [0, 0.1) is 6.92 Å². The molecule has 0 radical (unpaired) electrons. The van der Waals surface area contributed by atoms with Crippen LogP contribution in [0.3, 0.4) is 0 Å². The van der Waals surface area contributed by atoms with Crippen LogP contribution in [0.2, 0.25) is 0 Å². The van der Waals surface area contributed by atoms with Crippen LogP contribution in [0.5, 0.6) is 0 Å². The molecule has 2 aliphatic rings. The summed E-state index contributed by atoms with van der Waals surface area (Å²) < 4.78 is 0. The Hall–Kier alpha value is -4.42. The highest BCUT2D eigenvalue weighted by atomic mass is 14.3. The van der Waals surface area contributed by atoms with Crippen LogP contribution in [-0.2, 0) is 12.8 Å². The largest absolute Gasteiger partial charge is 0.0622 e. The fourth-order valence-corrected chi connectivity index (χ4v) is 7.21. The normalized spacial score (nSPS) is 14.6. The lowest BCUT2D eigenvalue weighted by molar-refractivity contribution is 0.922. The molecule has 0 saturated carbocycles. The van der Waals surface area contributed by atoms with E-state index in [0.29, 0.717) is 0 Å². The van der Waals surface area contributed by atoms with Gasteiger partial charge in [-0.05, 0) is 116 Å². The smallest absolute Gasteiger partial charge is 0.0314 e. The quantitative estimate of drug-likeness (QED) is 0.210. The van der Waals surface area contributed by atoms with E-state index in [-0.39, 0.29) is 5.92 Å². The van der Waals surface area contributed by atoms with E-state index < -0.39 is 0 Å². The Balaban J connectivity index is 1.67. The van der Waals surface area contributed by atoms with E-state index in [1.54, 1.807) is 0 Å². The molecule has 41 heavy (non-hydrogen) atoms.